The standard InChI is InChI=1S/C23H19N3O/c1-17-21-14-18(15-24)9-10-22(21)26(23(17)19-6-5-11-25-16-19)12-13-27-20-7-3-2-4-8-20/h2-11,14,16H,12-13H2,1H3. The lowest BCUT2D eigenvalue weighted by molar-refractivity contribution is 0.301. The average Bonchev–Trinajstić information content (AvgIpc) is 3.00. The Hall–Kier alpha value is -3.58. The Balaban J connectivity index is 1.76. The van der Waals surface area contributed by atoms with E-state index < -0.39 is 0 Å². The first kappa shape index (κ1) is 16.9. The Bertz CT molecular complexity index is 1110. The van der Waals surface area contributed by atoms with Crippen LogP contribution in [0.5, 0.6) is 5.75 Å². The predicted molar refractivity (Wildman–Crippen MR) is 107 cm³/mol. The third-order valence-electron chi connectivity index (χ3n) is 4.71. The van der Waals surface area contributed by atoms with Crippen molar-refractivity contribution in [2.24, 2.45) is 0 Å². The normalized spacial score (nSPS) is 10.7. The maximum atomic E-state index is 9.26. The molecule has 0 radical (unpaired) electrons. The van der Waals surface area contributed by atoms with Gasteiger partial charge in [0.1, 0.15) is 12.4 Å². The van der Waals surface area contributed by atoms with Crippen LogP contribution in [0.2, 0.25) is 0 Å². The molecule has 2 aromatic carbocycles. The second kappa shape index (κ2) is 7.35. The molecule has 4 rings (SSSR count). The molecule has 0 spiro atoms. The summed E-state index contributed by atoms with van der Waals surface area (Å²) in [5, 5.41) is 10.4. The van der Waals surface area contributed by atoms with Crippen LogP contribution in [0.1, 0.15) is 11.1 Å². The van der Waals surface area contributed by atoms with E-state index in [2.05, 4.69) is 28.6 Å². The largest absolute Gasteiger partial charge is 0.492 e. The Morgan fingerprint density at radius 2 is 1.93 bits per heavy atom. The fourth-order valence-electron chi connectivity index (χ4n) is 3.47. The molecule has 4 heteroatoms. The van der Waals surface area contributed by atoms with Crippen molar-refractivity contribution in [2.45, 2.75) is 13.5 Å². The summed E-state index contributed by atoms with van der Waals surface area (Å²) < 4.78 is 8.17. The van der Waals surface area contributed by atoms with E-state index in [-0.39, 0.29) is 0 Å². The monoisotopic (exact) mass is 353 g/mol. The Kier molecular flexibility index (Phi) is 4.59. The van der Waals surface area contributed by atoms with E-state index >= 15 is 0 Å². The highest BCUT2D eigenvalue weighted by Crippen LogP contribution is 2.33. The van der Waals surface area contributed by atoms with Gasteiger partial charge < -0.3 is 9.30 Å². The number of para-hydroxylation sites is 1. The first-order valence-electron chi connectivity index (χ1n) is 8.89. The summed E-state index contributed by atoms with van der Waals surface area (Å²) in [7, 11) is 0. The summed E-state index contributed by atoms with van der Waals surface area (Å²) in [6, 6.07) is 21.9. The van der Waals surface area contributed by atoms with Crippen LogP contribution in [-0.2, 0) is 6.54 Å². The molecule has 0 saturated heterocycles. The van der Waals surface area contributed by atoms with Crippen LogP contribution in [-0.4, -0.2) is 16.2 Å². The maximum absolute atomic E-state index is 9.26. The summed E-state index contributed by atoms with van der Waals surface area (Å²) in [6.45, 7) is 3.36. The van der Waals surface area contributed by atoms with Gasteiger partial charge in [0.25, 0.3) is 0 Å². The smallest absolute Gasteiger partial charge is 0.119 e. The lowest BCUT2D eigenvalue weighted by Gasteiger charge is -2.13. The van der Waals surface area contributed by atoms with Gasteiger partial charge in [0.2, 0.25) is 0 Å². The third kappa shape index (κ3) is 3.28. The summed E-state index contributed by atoms with van der Waals surface area (Å²) in [6.07, 6.45) is 3.65. The molecule has 0 fully saturated rings. The van der Waals surface area contributed by atoms with Crippen molar-refractivity contribution >= 4 is 10.9 Å². The minimum atomic E-state index is 0.556. The van der Waals surface area contributed by atoms with Crippen LogP contribution in [0.4, 0.5) is 0 Å². The van der Waals surface area contributed by atoms with Crippen LogP contribution in [0.3, 0.4) is 0 Å². The number of benzene rings is 2. The van der Waals surface area contributed by atoms with E-state index in [0.717, 1.165) is 33.5 Å². The second-order valence-corrected chi connectivity index (χ2v) is 6.37. The van der Waals surface area contributed by atoms with Gasteiger partial charge >= 0.3 is 0 Å². The van der Waals surface area contributed by atoms with Crippen LogP contribution < -0.4 is 4.74 Å². The average molecular weight is 353 g/mol. The van der Waals surface area contributed by atoms with Crippen molar-refractivity contribution in [1.82, 2.24) is 9.55 Å². The van der Waals surface area contributed by atoms with Crippen molar-refractivity contribution in [3.63, 3.8) is 0 Å². The van der Waals surface area contributed by atoms with Crippen molar-refractivity contribution in [2.75, 3.05) is 6.61 Å². The molecular weight excluding hydrogens is 334 g/mol. The highest BCUT2D eigenvalue weighted by Gasteiger charge is 2.16. The van der Waals surface area contributed by atoms with E-state index in [9.17, 15) is 5.26 Å². The Morgan fingerprint density at radius 1 is 1.07 bits per heavy atom. The number of aromatic nitrogens is 2. The van der Waals surface area contributed by atoms with E-state index in [0.29, 0.717) is 18.7 Å². The number of nitrogens with zero attached hydrogens (tertiary/aromatic N) is 3. The highest BCUT2D eigenvalue weighted by molar-refractivity contribution is 5.92. The number of nitriles is 1. The van der Waals surface area contributed by atoms with Crippen molar-refractivity contribution < 1.29 is 4.74 Å². The molecule has 0 N–H and O–H groups in total. The van der Waals surface area contributed by atoms with Gasteiger partial charge in [-0.2, -0.15) is 5.26 Å². The van der Waals surface area contributed by atoms with Crippen molar-refractivity contribution in [1.29, 1.82) is 5.26 Å². The third-order valence-corrected chi connectivity index (χ3v) is 4.71. The number of rotatable bonds is 5. The topological polar surface area (TPSA) is 50.8 Å². The molecule has 0 bridgehead atoms. The van der Waals surface area contributed by atoms with Gasteiger partial charge in [0, 0.05) is 28.9 Å². The lowest BCUT2D eigenvalue weighted by Crippen LogP contribution is -2.09. The van der Waals surface area contributed by atoms with Gasteiger partial charge in [0.15, 0.2) is 0 Å². The number of hydrogen-bond acceptors (Lipinski definition) is 3. The SMILES string of the molecule is Cc1c(-c2cccnc2)n(CCOc2ccccc2)c2ccc(C#N)cc12. The maximum Gasteiger partial charge on any atom is 0.119 e. The molecular formula is C23H19N3O. The summed E-state index contributed by atoms with van der Waals surface area (Å²) in [5.74, 6) is 0.861. The molecule has 0 atom stereocenters. The van der Waals surface area contributed by atoms with E-state index in [1.807, 2.05) is 60.8 Å². The summed E-state index contributed by atoms with van der Waals surface area (Å²) >= 11 is 0. The summed E-state index contributed by atoms with van der Waals surface area (Å²) in [4.78, 5) is 4.28. The molecule has 0 aliphatic heterocycles. The van der Waals surface area contributed by atoms with Crippen LogP contribution in [0.25, 0.3) is 22.2 Å². The molecule has 0 saturated carbocycles. The fourth-order valence-corrected chi connectivity index (χ4v) is 3.47. The first-order chi connectivity index (χ1) is 13.3. The Labute approximate surface area is 158 Å². The minimum absolute atomic E-state index is 0.556. The zero-order valence-corrected chi connectivity index (χ0v) is 15.1. The van der Waals surface area contributed by atoms with Gasteiger partial charge in [-0.15, -0.1) is 0 Å². The molecule has 0 aliphatic carbocycles. The number of ether oxygens (including phenoxy) is 1. The Morgan fingerprint density at radius 3 is 2.67 bits per heavy atom. The van der Waals surface area contributed by atoms with E-state index in [1.165, 1.54) is 0 Å². The van der Waals surface area contributed by atoms with Gasteiger partial charge in [-0.1, -0.05) is 18.2 Å². The van der Waals surface area contributed by atoms with Crippen molar-refractivity contribution in [3.05, 3.63) is 84.2 Å². The summed E-state index contributed by atoms with van der Waals surface area (Å²) in [5.41, 5.74) is 5.09. The highest BCUT2D eigenvalue weighted by atomic mass is 16.5. The van der Waals surface area contributed by atoms with Crippen LogP contribution in [0.15, 0.2) is 73.1 Å². The van der Waals surface area contributed by atoms with Crippen LogP contribution in [0, 0.1) is 18.3 Å². The number of aryl methyl sites for hydroxylation is 1. The molecule has 2 aromatic heterocycles. The molecule has 0 unspecified atom stereocenters. The van der Waals surface area contributed by atoms with Crippen LogP contribution >= 0.6 is 0 Å². The van der Waals surface area contributed by atoms with Gasteiger partial charge in [-0.05, 0) is 55.0 Å². The molecule has 132 valence electrons. The van der Waals surface area contributed by atoms with Gasteiger partial charge in [-0.3, -0.25) is 4.98 Å². The second-order valence-electron chi connectivity index (χ2n) is 6.37. The minimum Gasteiger partial charge on any atom is -0.492 e. The van der Waals surface area contributed by atoms with Crippen molar-refractivity contribution in [3.8, 4) is 23.1 Å². The molecule has 4 nitrogen and oxygen atoms in total. The zero-order chi connectivity index (χ0) is 18.6. The number of pyridine rings is 1. The molecule has 0 amide bonds. The van der Waals surface area contributed by atoms with E-state index in [4.69, 9.17) is 4.74 Å². The number of fused-ring (bicyclic) bond motifs is 1. The van der Waals surface area contributed by atoms with Gasteiger partial charge in [-0.25, -0.2) is 0 Å². The van der Waals surface area contributed by atoms with E-state index in [1.54, 1.807) is 6.20 Å². The quantitative estimate of drug-likeness (QED) is 0.509. The van der Waals surface area contributed by atoms with Gasteiger partial charge in [0.05, 0.1) is 23.9 Å². The molecule has 27 heavy (non-hydrogen) atoms. The molecule has 0 aliphatic rings. The predicted octanol–water partition coefficient (Wildman–Crippen LogP) is 4.96. The first-order valence-corrected chi connectivity index (χ1v) is 8.89. The molecule has 4 aromatic rings. The molecule has 2 heterocycles. The fraction of sp³-hybridized carbons (Fsp3) is 0.130. The lowest BCUT2D eigenvalue weighted by atomic mass is 10.1. The number of hydrogen-bond donors (Lipinski definition) is 0. The zero-order valence-electron chi connectivity index (χ0n) is 15.1.